The van der Waals surface area contributed by atoms with E-state index in [4.69, 9.17) is 15.0 Å². The Balaban J connectivity index is 0.000000512. The summed E-state index contributed by atoms with van der Waals surface area (Å²) in [5.41, 5.74) is -0.0485. The Labute approximate surface area is 130 Å². The number of H-pyrrole nitrogens is 1. The van der Waals surface area contributed by atoms with E-state index in [0.717, 1.165) is 0 Å². The van der Waals surface area contributed by atoms with E-state index in [-0.39, 0.29) is 37.7 Å². The summed E-state index contributed by atoms with van der Waals surface area (Å²) in [4.78, 5) is 37.1. The van der Waals surface area contributed by atoms with E-state index in [9.17, 15) is 9.59 Å². The summed E-state index contributed by atoms with van der Waals surface area (Å²) in [5.74, 6) is 0. The van der Waals surface area contributed by atoms with Crippen LogP contribution in [0.5, 0.6) is 0 Å². The zero-order valence-electron chi connectivity index (χ0n) is 9.04. The zero-order valence-corrected chi connectivity index (χ0v) is 9.04. The number of hydrogen-bond acceptors (Lipinski definition) is 4. The third kappa shape index (κ3) is 3.59. The first kappa shape index (κ1) is 16.7. The fourth-order valence-electron chi connectivity index (χ4n) is 1.26. The average Bonchev–Trinajstić information content (AvgIpc) is 2.56. The zero-order chi connectivity index (χ0) is 13.2. The quantitative estimate of drug-likeness (QED) is 0.493. The Bertz CT molecular complexity index is 666. The number of imidazole rings is 1. The molecule has 2 heterocycles. The van der Waals surface area contributed by atoms with E-state index >= 15 is 0 Å². The minimum absolute atomic E-state index is 0. The van der Waals surface area contributed by atoms with Crippen LogP contribution < -0.4 is 11.2 Å². The topological polar surface area (TPSA) is 130 Å². The van der Waals surface area contributed by atoms with Gasteiger partial charge in [-0.1, -0.05) is 0 Å². The summed E-state index contributed by atoms with van der Waals surface area (Å²) < 4.78 is 2.88. The predicted molar refractivity (Wildman–Crippen MR) is 65.8 cm³/mol. The number of carbonyl (C=O) groups is 1. The molecule has 0 aliphatic rings. The monoisotopic (exact) mass is 284 g/mol. The molecule has 3 N–H and O–H groups in total. The Morgan fingerprint density at radius 3 is 2.33 bits per heavy atom. The summed E-state index contributed by atoms with van der Waals surface area (Å²) in [6.45, 7) is 0. The van der Waals surface area contributed by atoms with Crippen LogP contribution in [-0.4, -0.2) is 73.2 Å². The molecule has 0 bridgehead atoms. The number of rotatable bonds is 0. The minimum atomic E-state index is -1.83. The predicted octanol–water partition coefficient (Wildman–Crippen LogP) is -1.73. The third-order valence-corrected chi connectivity index (χ3v) is 1.98. The molecule has 0 aromatic carbocycles. The second-order valence-electron chi connectivity index (χ2n) is 3.13. The first-order chi connectivity index (χ1) is 7.84. The SMILES string of the molecule is Cn1cnc2c1c(=O)[nH]c(=O)n2C.O=C(O)O.[CaH2]. The van der Waals surface area contributed by atoms with Crippen molar-refractivity contribution in [3.8, 4) is 0 Å². The Kier molecular flexibility index (Phi) is 6.09. The fraction of sp³-hybridized carbons (Fsp3) is 0.250. The standard InChI is InChI=1S/C7H8N4O2.CH2O3.Ca.2H/c1-10-3-8-5-4(10)6(12)9-7(13)11(5)2;2-1(3)4;;;/h3H,1-2H3,(H,9,12,13);(H2,2,3,4);;;. The van der Waals surface area contributed by atoms with Crippen LogP contribution in [-0.2, 0) is 14.1 Å². The van der Waals surface area contributed by atoms with Gasteiger partial charge in [0.05, 0.1) is 6.33 Å². The van der Waals surface area contributed by atoms with E-state index in [0.29, 0.717) is 11.2 Å². The molecule has 0 aliphatic heterocycles. The second-order valence-corrected chi connectivity index (χ2v) is 3.13. The van der Waals surface area contributed by atoms with E-state index in [1.54, 1.807) is 18.7 Å². The Morgan fingerprint density at radius 1 is 1.33 bits per heavy atom. The van der Waals surface area contributed by atoms with Crippen LogP contribution in [0.2, 0.25) is 0 Å². The Morgan fingerprint density at radius 2 is 1.83 bits per heavy atom. The number of carboxylic acid groups (broad SMARTS) is 2. The van der Waals surface area contributed by atoms with E-state index < -0.39 is 17.4 Å². The molecular formula is C8H12CaN4O5. The number of aromatic amines is 1. The van der Waals surface area contributed by atoms with E-state index in [1.807, 2.05) is 0 Å². The van der Waals surface area contributed by atoms with Gasteiger partial charge in [-0.2, -0.15) is 0 Å². The van der Waals surface area contributed by atoms with Crippen LogP contribution in [0.4, 0.5) is 4.79 Å². The number of aromatic nitrogens is 4. The molecular weight excluding hydrogens is 272 g/mol. The molecule has 0 unspecified atom stereocenters. The van der Waals surface area contributed by atoms with Gasteiger partial charge in [-0.05, 0) is 0 Å². The van der Waals surface area contributed by atoms with Crippen LogP contribution >= 0.6 is 0 Å². The summed E-state index contributed by atoms with van der Waals surface area (Å²) in [6, 6.07) is 0. The van der Waals surface area contributed by atoms with Crippen molar-refractivity contribution in [2.45, 2.75) is 0 Å². The molecule has 0 amide bonds. The molecule has 0 saturated heterocycles. The van der Waals surface area contributed by atoms with Gasteiger partial charge in [-0.3, -0.25) is 14.3 Å². The van der Waals surface area contributed by atoms with Crippen molar-refractivity contribution in [1.29, 1.82) is 0 Å². The Hall–Kier alpha value is -1.32. The summed E-state index contributed by atoms with van der Waals surface area (Å²) in [5, 5.41) is 13.9. The number of fused-ring (bicyclic) bond motifs is 1. The summed E-state index contributed by atoms with van der Waals surface area (Å²) in [6.07, 6.45) is -0.334. The van der Waals surface area contributed by atoms with Crippen molar-refractivity contribution in [1.82, 2.24) is 19.1 Å². The molecule has 2 aromatic rings. The molecule has 2 aromatic heterocycles. The molecule has 96 valence electrons. The van der Waals surface area contributed by atoms with Gasteiger partial charge in [-0.15, -0.1) is 0 Å². The van der Waals surface area contributed by atoms with Crippen molar-refractivity contribution in [3.05, 3.63) is 27.2 Å². The molecule has 9 nitrogen and oxygen atoms in total. The van der Waals surface area contributed by atoms with Gasteiger partial charge in [0, 0.05) is 14.1 Å². The van der Waals surface area contributed by atoms with Crippen LogP contribution in [0, 0.1) is 0 Å². The van der Waals surface area contributed by atoms with E-state index in [2.05, 4.69) is 9.97 Å². The first-order valence-electron chi connectivity index (χ1n) is 4.36. The number of nitrogens with one attached hydrogen (secondary N) is 1. The molecule has 0 aliphatic carbocycles. The average molecular weight is 284 g/mol. The third-order valence-electron chi connectivity index (χ3n) is 1.98. The van der Waals surface area contributed by atoms with Crippen molar-refractivity contribution < 1.29 is 15.0 Å². The van der Waals surface area contributed by atoms with Crippen LogP contribution in [0.1, 0.15) is 0 Å². The van der Waals surface area contributed by atoms with Gasteiger partial charge < -0.3 is 14.8 Å². The van der Waals surface area contributed by atoms with Crippen molar-refractivity contribution >= 4 is 55.1 Å². The maximum absolute atomic E-state index is 11.3. The van der Waals surface area contributed by atoms with Gasteiger partial charge in [0.2, 0.25) is 0 Å². The van der Waals surface area contributed by atoms with E-state index in [1.165, 1.54) is 10.9 Å². The van der Waals surface area contributed by atoms with Crippen LogP contribution in [0.25, 0.3) is 11.2 Å². The molecule has 0 radical (unpaired) electrons. The summed E-state index contributed by atoms with van der Waals surface area (Å²) in [7, 11) is 3.27. The molecule has 0 saturated carbocycles. The maximum atomic E-state index is 11.3. The van der Waals surface area contributed by atoms with Gasteiger partial charge in [0.15, 0.2) is 11.2 Å². The molecule has 0 spiro atoms. The molecule has 0 fully saturated rings. The van der Waals surface area contributed by atoms with Gasteiger partial charge in [0.25, 0.3) is 5.56 Å². The van der Waals surface area contributed by atoms with Gasteiger partial charge in [0.1, 0.15) is 0 Å². The van der Waals surface area contributed by atoms with Crippen molar-refractivity contribution in [2.75, 3.05) is 0 Å². The number of hydrogen-bond donors (Lipinski definition) is 3. The van der Waals surface area contributed by atoms with Crippen LogP contribution in [0.3, 0.4) is 0 Å². The number of aryl methyl sites for hydroxylation is 2. The van der Waals surface area contributed by atoms with Crippen molar-refractivity contribution in [3.63, 3.8) is 0 Å². The van der Waals surface area contributed by atoms with Gasteiger partial charge in [-0.25, -0.2) is 14.6 Å². The first-order valence-corrected chi connectivity index (χ1v) is 4.36. The van der Waals surface area contributed by atoms with Crippen molar-refractivity contribution in [2.24, 2.45) is 14.1 Å². The molecule has 0 atom stereocenters. The fourth-order valence-corrected chi connectivity index (χ4v) is 1.26. The number of nitrogens with zero attached hydrogens (tertiary/aromatic N) is 3. The normalized spacial score (nSPS) is 9.22. The van der Waals surface area contributed by atoms with Gasteiger partial charge >= 0.3 is 49.6 Å². The summed E-state index contributed by atoms with van der Waals surface area (Å²) >= 11 is 0. The molecule has 10 heteroatoms. The molecule has 2 rings (SSSR count). The van der Waals surface area contributed by atoms with Crippen LogP contribution in [0.15, 0.2) is 15.9 Å². The second kappa shape index (κ2) is 6.57. The molecule has 18 heavy (non-hydrogen) atoms.